The van der Waals surface area contributed by atoms with E-state index in [-0.39, 0.29) is 10.9 Å². The van der Waals surface area contributed by atoms with Gasteiger partial charge in [-0.25, -0.2) is 8.42 Å². The largest absolute Gasteiger partial charge is 0.284 e. The highest BCUT2D eigenvalue weighted by Gasteiger charge is 2.32. The van der Waals surface area contributed by atoms with Gasteiger partial charge in [0.1, 0.15) is 4.90 Å². The number of hydrogen-bond acceptors (Lipinski definition) is 3. The van der Waals surface area contributed by atoms with Crippen LogP contribution in [-0.2, 0) is 10.0 Å². The minimum atomic E-state index is -3.35. The van der Waals surface area contributed by atoms with Crippen molar-refractivity contribution in [2.45, 2.75) is 43.5 Å². The smallest absolute Gasteiger partial charge is 0.246 e. The third-order valence-electron chi connectivity index (χ3n) is 3.12. The van der Waals surface area contributed by atoms with Gasteiger partial charge in [0.15, 0.2) is 0 Å². The molecule has 16 heavy (non-hydrogen) atoms. The van der Waals surface area contributed by atoms with E-state index in [2.05, 4.69) is 10.2 Å². The molecule has 1 heterocycles. The molecule has 1 aliphatic carbocycles. The van der Waals surface area contributed by atoms with Crippen LogP contribution >= 0.6 is 0 Å². The lowest BCUT2D eigenvalue weighted by Crippen LogP contribution is -2.38. The van der Waals surface area contributed by atoms with Gasteiger partial charge in [-0.05, 0) is 12.8 Å². The second-order valence-electron chi connectivity index (χ2n) is 4.08. The maximum atomic E-state index is 12.3. The molecule has 1 N–H and O–H groups in total. The van der Waals surface area contributed by atoms with Crippen molar-refractivity contribution in [2.75, 3.05) is 6.54 Å². The number of hydrogen-bond donors (Lipinski definition) is 1. The number of nitrogens with one attached hydrogen (secondary N) is 1. The molecule has 1 aromatic heterocycles. The Kier molecular flexibility index (Phi) is 3.30. The molecule has 6 heteroatoms. The van der Waals surface area contributed by atoms with E-state index in [1.807, 2.05) is 6.92 Å². The highest BCUT2D eigenvalue weighted by atomic mass is 32.2. The van der Waals surface area contributed by atoms with Crippen LogP contribution in [0.15, 0.2) is 17.3 Å². The van der Waals surface area contributed by atoms with Crippen molar-refractivity contribution in [1.29, 1.82) is 0 Å². The molecule has 2 rings (SSSR count). The highest BCUT2D eigenvalue weighted by Crippen LogP contribution is 2.27. The van der Waals surface area contributed by atoms with E-state index in [4.69, 9.17) is 0 Å². The van der Waals surface area contributed by atoms with Gasteiger partial charge < -0.3 is 0 Å². The summed E-state index contributed by atoms with van der Waals surface area (Å²) in [6, 6.07) is 0.171. The zero-order chi connectivity index (χ0) is 11.6. The Morgan fingerprint density at radius 1 is 1.50 bits per heavy atom. The maximum Gasteiger partial charge on any atom is 0.246 e. The molecule has 0 saturated heterocycles. The Balaban J connectivity index is 2.26. The van der Waals surface area contributed by atoms with Crippen LogP contribution in [0.5, 0.6) is 0 Å². The third kappa shape index (κ3) is 1.99. The van der Waals surface area contributed by atoms with E-state index in [0.29, 0.717) is 6.54 Å². The van der Waals surface area contributed by atoms with Crippen molar-refractivity contribution < 1.29 is 8.42 Å². The first-order valence-corrected chi connectivity index (χ1v) is 7.11. The fraction of sp³-hybridized carbons (Fsp3) is 0.700. The van der Waals surface area contributed by atoms with Gasteiger partial charge in [0, 0.05) is 18.8 Å². The molecule has 1 aliphatic rings. The molecule has 0 aliphatic heterocycles. The van der Waals surface area contributed by atoms with Crippen LogP contribution in [0.1, 0.15) is 32.6 Å². The van der Waals surface area contributed by atoms with Gasteiger partial charge in [-0.15, -0.1) is 0 Å². The van der Waals surface area contributed by atoms with Crippen LogP contribution in [0, 0.1) is 0 Å². The number of H-pyrrole nitrogens is 1. The number of aromatic nitrogens is 2. The molecular formula is C10H17N3O2S. The van der Waals surface area contributed by atoms with Crippen molar-refractivity contribution in [3.05, 3.63) is 12.4 Å². The molecule has 0 spiro atoms. The van der Waals surface area contributed by atoms with E-state index in [1.54, 1.807) is 4.31 Å². The van der Waals surface area contributed by atoms with E-state index >= 15 is 0 Å². The van der Waals surface area contributed by atoms with Crippen molar-refractivity contribution in [2.24, 2.45) is 0 Å². The van der Waals surface area contributed by atoms with Crippen LogP contribution in [0.25, 0.3) is 0 Å². The van der Waals surface area contributed by atoms with Gasteiger partial charge in [0.05, 0.1) is 6.20 Å². The van der Waals surface area contributed by atoms with Crippen molar-refractivity contribution in [3.8, 4) is 0 Å². The summed E-state index contributed by atoms with van der Waals surface area (Å²) in [6.07, 6.45) is 7.01. The van der Waals surface area contributed by atoms with Crippen LogP contribution in [0.3, 0.4) is 0 Å². The summed E-state index contributed by atoms with van der Waals surface area (Å²) < 4.78 is 26.2. The molecule has 1 saturated carbocycles. The van der Waals surface area contributed by atoms with Crippen LogP contribution in [0.4, 0.5) is 0 Å². The first kappa shape index (κ1) is 11.6. The van der Waals surface area contributed by atoms with Gasteiger partial charge in [-0.1, -0.05) is 19.8 Å². The minimum absolute atomic E-state index is 0.171. The monoisotopic (exact) mass is 243 g/mol. The fourth-order valence-corrected chi connectivity index (χ4v) is 3.93. The van der Waals surface area contributed by atoms with Crippen LogP contribution in [-0.4, -0.2) is 35.5 Å². The Hall–Kier alpha value is -0.880. The maximum absolute atomic E-state index is 12.3. The second-order valence-corrected chi connectivity index (χ2v) is 5.97. The Morgan fingerprint density at radius 3 is 2.69 bits per heavy atom. The van der Waals surface area contributed by atoms with Gasteiger partial charge in [-0.3, -0.25) is 5.10 Å². The predicted molar refractivity (Wildman–Crippen MR) is 60.4 cm³/mol. The third-order valence-corrected chi connectivity index (χ3v) is 5.12. The lowest BCUT2D eigenvalue weighted by molar-refractivity contribution is 0.335. The highest BCUT2D eigenvalue weighted by molar-refractivity contribution is 7.89. The number of rotatable bonds is 4. The summed E-state index contributed by atoms with van der Waals surface area (Å²) in [5.41, 5.74) is 0. The van der Waals surface area contributed by atoms with Crippen molar-refractivity contribution in [1.82, 2.24) is 14.5 Å². The van der Waals surface area contributed by atoms with Gasteiger partial charge in [-0.2, -0.15) is 9.40 Å². The molecule has 0 unspecified atom stereocenters. The summed E-state index contributed by atoms with van der Waals surface area (Å²) in [5, 5.41) is 6.25. The summed E-state index contributed by atoms with van der Waals surface area (Å²) in [4.78, 5) is 0.265. The van der Waals surface area contributed by atoms with Crippen LogP contribution < -0.4 is 0 Å². The first-order valence-electron chi connectivity index (χ1n) is 5.67. The quantitative estimate of drug-likeness (QED) is 0.868. The van der Waals surface area contributed by atoms with Crippen molar-refractivity contribution in [3.63, 3.8) is 0 Å². The van der Waals surface area contributed by atoms with Gasteiger partial charge in [0.25, 0.3) is 0 Å². The molecule has 0 radical (unpaired) electrons. The molecule has 0 amide bonds. The van der Waals surface area contributed by atoms with E-state index in [0.717, 1.165) is 25.7 Å². The molecule has 1 fully saturated rings. The van der Waals surface area contributed by atoms with Crippen molar-refractivity contribution >= 4 is 10.0 Å². The van der Waals surface area contributed by atoms with E-state index in [9.17, 15) is 8.42 Å². The number of aromatic amines is 1. The van der Waals surface area contributed by atoms with E-state index in [1.165, 1.54) is 12.4 Å². The van der Waals surface area contributed by atoms with Crippen LogP contribution in [0.2, 0.25) is 0 Å². The normalized spacial score (nSPS) is 18.4. The summed E-state index contributed by atoms with van der Waals surface area (Å²) in [6.45, 7) is 2.41. The fourth-order valence-electron chi connectivity index (χ4n) is 2.33. The van der Waals surface area contributed by atoms with Gasteiger partial charge >= 0.3 is 0 Å². The second kappa shape index (κ2) is 4.55. The number of sulfonamides is 1. The Bertz CT molecular complexity index is 421. The van der Waals surface area contributed by atoms with E-state index < -0.39 is 10.0 Å². The summed E-state index contributed by atoms with van der Waals surface area (Å²) in [5.74, 6) is 0. The lowest BCUT2D eigenvalue weighted by Gasteiger charge is -2.25. The van der Waals surface area contributed by atoms with Gasteiger partial charge in [0.2, 0.25) is 10.0 Å². The first-order chi connectivity index (χ1) is 7.66. The predicted octanol–water partition coefficient (Wildman–Crippen LogP) is 1.36. The zero-order valence-electron chi connectivity index (χ0n) is 9.39. The average molecular weight is 243 g/mol. The summed E-state index contributed by atoms with van der Waals surface area (Å²) in [7, 11) is -3.35. The molecule has 0 atom stereocenters. The molecular weight excluding hydrogens is 226 g/mol. The number of nitrogens with zero attached hydrogens (tertiary/aromatic N) is 2. The molecule has 5 nitrogen and oxygen atoms in total. The molecule has 1 aromatic rings. The Morgan fingerprint density at radius 2 is 2.19 bits per heavy atom. The molecule has 90 valence electrons. The standard InChI is InChI=1S/C10H17N3O2S/c1-2-13(9-5-3-4-6-9)16(14,15)10-7-11-12-8-10/h7-9H,2-6H2,1H3,(H,11,12). The molecule has 0 bridgehead atoms. The lowest BCUT2D eigenvalue weighted by atomic mass is 10.2. The topological polar surface area (TPSA) is 66.1 Å². The summed E-state index contributed by atoms with van der Waals surface area (Å²) >= 11 is 0. The Labute approximate surface area is 95.9 Å². The zero-order valence-corrected chi connectivity index (χ0v) is 10.2. The molecule has 0 aromatic carbocycles. The average Bonchev–Trinajstić information content (AvgIpc) is 2.91. The SMILES string of the molecule is CCN(C1CCCC1)S(=O)(=O)c1cn[nH]c1. The minimum Gasteiger partial charge on any atom is -0.284 e.